The molecule has 11 heteroatoms. The summed E-state index contributed by atoms with van der Waals surface area (Å²) in [6.07, 6.45) is -3.32. The van der Waals surface area contributed by atoms with E-state index in [2.05, 4.69) is 21.9 Å². The molecule has 3 rings (SSSR count). The predicted octanol–water partition coefficient (Wildman–Crippen LogP) is 5.39. The Morgan fingerprint density at radius 1 is 1.12 bits per heavy atom. The maximum absolute atomic E-state index is 13.3. The molecular weight excluding hydrogens is 429 g/mol. The van der Waals surface area contributed by atoms with Gasteiger partial charge < -0.3 is 14.8 Å². The minimum Gasteiger partial charge on any atom is -0.493 e. The SMILES string of the molecule is C=Cc1nc(N[C@H](C)c2cc([N+](=O)[O-])cc(C(F)(F)F)c2)c2cc(OC)c(OC)cc2n1. The lowest BCUT2D eigenvalue weighted by atomic mass is 10.0. The first kappa shape index (κ1) is 22.8. The van der Waals surface area contributed by atoms with Gasteiger partial charge in [-0.1, -0.05) is 6.58 Å². The fourth-order valence-corrected chi connectivity index (χ4v) is 3.12. The summed E-state index contributed by atoms with van der Waals surface area (Å²) in [4.78, 5) is 19.0. The molecule has 32 heavy (non-hydrogen) atoms. The van der Waals surface area contributed by atoms with E-state index in [9.17, 15) is 23.3 Å². The van der Waals surface area contributed by atoms with Crippen molar-refractivity contribution in [3.8, 4) is 11.5 Å². The lowest BCUT2D eigenvalue weighted by molar-refractivity contribution is -0.385. The van der Waals surface area contributed by atoms with Crippen LogP contribution in [0.4, 0.5) is 24.7 Å². The van der Waals surface area contributed by atoms with Gasteiger partial charge >= 0.3 is 6.18 Å². The first-order chi connectivity index (χ1) is 15.1. The number of nitro groups is 1. The van der Waals surface area contributed by atoms with E-state index in [1.165, 1.54) is 20.3 Å². The predicted molar refractivity (Wildman–Crippen MR) is 113 cm³/mol. The Morgan fingerprint density at radius 2 is 1.78 bits per heavy atom. The number of fused-ring (bicyclic) bond motifs is 1. The standard InChI is InChI=1S/C21H19F3N4O4/c1-5-19-26-16-10-18(32-4)17(31-3)9-15(16)20(27-19)25-11(2)12-6-13(21(22,23)24)8-14(7-12)28(29)30/h5-11H,1H2,2-4H3,(H,25,26,27)/t11-/m1/s1. The quantitative estimate of drug-likeness (QED) is 0.382. The van der Waals surface area contributed by atoms with Crippen molar-refractivity contribution >= 4 is 28.5 Å². The molecule has 0 saturated heterocycles. The number of hydrogen-bond acceptors (Lipinski definition) is 7. The van der Waals surface area contributed by atoms with E-state index in [0.717, 1.165) is 12.1 Å². The number of nitro benzene ring substituents is 1. The van der Waals surface area contributed by atoms with Crippen LogP contribution in [0.25, 0.3) is 17.0 Å². The molecule has 3 aromatic rings. The molecular formula is C21H19F3N4O4. The van der Waals surface area contributed by atoms with E-state index >= 15 is 0 Å². The van der Waals surface area contributed by atoms with E-state index < -0.39 is 28.4 Å². The highest BCUT2D eigenvalue weighted by Crippen LogP contribution is 2.37. The van der Waals surface area contributed by atoms with Gasteiger partial charge in [-0.3, -0.25) is 10.1 Å². The second kappa shape index (κ2) is 8.69. The molecule has 168 valence electrons. The lowest BCUT2D eigenvalue weighted by Crippen LogP contribution is -2.13. The Hall–Kier alpha value is -3.89. The number of alkyl halides is 3. The van der Waals surface area contributed by atoms with Gasteiger partial charge in [0.05, 0.1) is 36.3 Å². The number of methoxy groups -OCH3 is 2. The highest BCUT2D eigenvalue weighted by molar-refractivity contribution is 5.92. The van der Waals surface area contributed by atoms with Crippen molar-refractivity contribution in [2.24, 2.45) is 0 Å². The molecule has 1 aromatic heterocycles. The summed E-state index contributed by atoms with van der Waals surface area (Å²) in [7, 11) is 2.93. The molecule has 1 N–H and O–H groups in total. The maximum Gasteiger partial charge on any atom is 0.416 e. The Bertz CT molecular complexity index is 1200. The van der Waals surface area contributed by atoms with Gasteiger partial charge in [-0.25, -0.2) is 9.97 Å². The van der Waals surface area contributed by atoms with Crippen LogP contribution in [0.2, 0.25) is 0 Å². The molecule has 0 amide bonds. The number of rotatable bonds is 7. The zero-order valence-corrected chi connectivity index (χ0v) is 17.4. The van der Waals surface area contributed by atoms with Crippen LogP contribution >= 0.6 is 0 Å². The number of aromatic nitrogens is 2. The number of halogens is 3. The van der Waals surface area contributed by atoms with Crippen molar-refractivity contribution < 1.29 is 27.6 Å². The van der Waals surface area contributed by atoms with Crippen molar-refractivity contribution in [2.75, 3.05) is 19.5 Å². The number of nitrogens with one attached hydrogen (secondary N) is 1. The van der Waals surface area contributed by atoms with Crippen LogP contribution in [-0.4, -0.2) is 29.1 Å². The average molecular weight is 448 g/mol. The third-order valence-electron chi connectivity index (χ3n) is 4.73. The van der Waals surface area contributed by atoms with Gasteiger partial charge in [-0.05, 0) is 30.7 Å². The van der Waals surface area contributed by atoms with Gasteiger partial charge in [0.25, 0.3) is 5.69 Å². The van der Waals surface area contributed by atoms with Gasteiger partial charge in [0.1, 0.15) is 5.82 Å². The van der Waals surface area contributed by atoms with Gasteiger partial charge in [-0.2, -0.15) is 13.2 Å². The molecule has 0 bridgehead atoms. The molecule has 0 aliphatic carbocycles. The van der Waals surface area contributed by atoms with Crippen LogP contribution in [0.3, 0.4) is 0 Å². The zero-order chi connectivity index (χ0) is 23.6. The summed E-state index contributed by atoms with van der Waals surface area (Å²) in [6.45, 7) is 5.22. The first-order valence-electron chi connectivity index (χ1n) is 9.26. The Balaban J connectivity index is 2.12. The topological polar surface area (TPSA) is 99.4 Å². The summed E-state index contributed by atoms with van der Waals surface area (Å²) in [6, 6.07) is 4.96. The number of ether oxygens (including phenoxy) is 2. The molecule has 0 spiro atoms. The molecule has 0 radical (unpaired) electrons. The molecule has 1 heterocycles. The summed E-state index contributed by atoms with van der Waals surface area (Å²) in [5.41, 5.74) is -1.22. The van der Waals surface area contributed by atoms with Crippen LogP contribution in [0.1, 0.15) is 29.9 Å². The summed E-state index contributed by atoms with van der Waals surface area (Å²) in [5.74, 6) is 1.40. The third-order valence-corrected chi connectivity index (χ3v) is 4.73. The molecule has 1 atom stereocenters. The maximum atomic E-state index is 13.3. The number of anilines is 1. The van der Waals surface area contributed by atoms with E-state index in [-0.39, 0.29) is 11.4 Å². The van der Waals surface area contributed by atoms with Crippen LogP contribution < -0.4 is 14.8 Å². The largest absolute Gasteiger partial charge is 0.493 e. The summed E-state index contributed by atoms with van der Waals surface area (Å²) >= 11 is 0. The molecule has 0 aliphatic heterocycles. The first-order valence-corrected chi connectivity index (χ1v) is 9.26. The smallest absolute Gasteiger partial charge is 0.416 e. The highest BCUT2D eigenvalue weighted by atomic mass is 19.4. The molecule has 0 aliphatic rings. The normalized spacial score (nSPS) is 12.3. The van der Waals surface area contributed by atoms with Crippen LogP contribution in [0.15, 0.2) is 36.9 Å². The van der Waals surface area contributed by atoms with Crippen molar-refractivity contribution in [3.05, 3.63) is 64.0 Å². The Labute approximate surface area is 180 Å². The van der Waals surface area contributed by atoms with Crippen LogP contribution in [-0.2, 0) is 6.18 Å². The third kappa shape index (κ3) is 4.56. The minimum atomic E-state index is -4.73. The van der Waals surface area contributed by atoms with Gasteiger partial charge in [-0.15, -0.1) is 0 Å². The Morgan fingerprint density at radius 3 is 2.34 bits per heavy atom. The highest BCUT2D eigenvalue weighted by Gasteiger charge is 2.33. The summed E-state index contributed by atoms with van der Waals surface area (Å²) < 4.78 is 50.4. The van der Waals surface area contributed by atoms with Crippen molar-refractivity contribution in [2.45, 2.75) is 19.1 Å². The molecule has 0 unspecified atom stereocenters. The van der Waals surface area contributed by atoms with Crippen molar-refractivity contribution in [1.82, 2.24) is 9.97 Å². The van der Waals surface area contributed by atoms with Crippen molar-refractivity contribution in [1.29, 1.82) is 0 Å². The second-order valence-electron chi connectivity index (χ2n) is 6.79. The Kier molecular flexibility index (Phi) is 6.19. The van der Waals surface area contributed by atoms with Crippen LogP contribution in [0, 0.1) is 10.1 Å². The number of nitrogens with zero attached hydrogens (tertiary/aromatic N) is 3. The second-order valence-corrected chi connectivity index (χ2v) is 6.79. The minimum absolute atomic E-state index is 0.0684. The van der Waals surface area contributed by atoms with E-state index in [0.29, 0.717) is 34.3 Å². The van der Waals surface area contributed by atoms with E-state index in [1.807, 2.05) is 0 Å². The molecule has 0 saturated carbocycles. The van der Waals surface area contributed by atoms with E-state index in [4.69, 9.17) is 9.47 Å². The van der Waals surface area contributed by atoms with Gasteiger partial charge in [0.15, 0.2) is 17.3 Å². The lowest BCUT2D eigenvalue weighted by Gasteiger charge is -2.19. The molecule has 8 nitrogen and oxygen atoms in total. The fraction of sp³-hybridized carbons (Fsp3) is 0.238. The monoisotopic (exact) mass is 448 g/mol. The number of non-ortho nitro benzene ring substituents is 1. The average Bonchev–Trinajstić information content (AvgIpc) is 2.76. The number of hydrogen-bond donors (Lipinski definition) is 1. The number of benzene rings is 2. The van der Waals surface area contributed by atoms with Gasteiger partial charge in [0, 0.05) is 23.6 Å². The van der Waals surface area contributed by atoms with E-state index in [1.54, 1.807) is 19.1 Å². The fourth-order valence-electron chi connectivity index (χ4n) is 3.12. The van der Waals surface area contributed by atoms with Gasteiger partial charge in [0.2, 0.25) is 0 Å². The molecule has 0 fully saturated rings. The molecule has 2 aromatic carbocycles. The summed E-state index contributed by atoms with van der Waals surface area (Å²) in [5, 5.41) is 14.7. The van der Waals surface area contributed by atoms with Crippen LogP contribution in [0.5, 0.6) is 11.5 Å². The van der Waals surface area contributed by atoms with Crippen molar-refractivity contribution in [3.63, 3.8) is 0 Å². The zero-order valence-electron chi connectivity index (χ0n) is 17.4.